The zero-order valence-electron chi connectivity index (χ0n) is 11.3. The van der Waals surface area contributed by atoms with Crippen LogP contribution in [0.1, 0.15) is 11.5 Å². The second-order valence-electron chi connectivity index (χ2n) is 4.23. The highest BCUT2D eigenvalue weighted by Crippen LogP contribution is 2.19. The van der Waals surface area contributed by atoms with Crippen LogP contribution in [-0.4, -0.2) is 37.0 Å². The van der Waals surface area contributed by atoms with E-state index in [2.05, 4.69) is 20.4 Å². The van der Waals surface area contributed by atoms with Crippen molar-refractivity contribution in [2.75, 3.05) is 13.6 Å². The average Bonchev–Trinajstić information content (AvgIpc) is 2.99. The van der Waals surface area contributed by atoms with Crippen LogP contribution in [0, 0.1) is 6.92 Å². The van der Waals surface area contributed by atoms with Crippen LogP contribution in [0.5, 0.6) is 0 Å². The third kappa shape index (κ3) is 3.44. The molecule has 20 heavy (non-hydrogen) atoms. The van der Waals surface area contributed by atoms with E-state index in [1.54, 1.807) is 31.0 Å². The molecule has 9 heteroatoms. The van der Waals surface area contributed by atoms with Gasteiger partial charge in [0, 0.05) is 18.8 Å². The van der Waals surface area contributed by atoms with E-state index in [1.165, 1.54) is 6.07 Å². The van der Waals surface area contributed by atoms with Crippen molar-refractivity contribution in [3.63, 3.8) is 0 Å². The van der Waals surface area contributed by atoms with Gasteiger partial charge in [0.15, 0.2) is 0 Å². The van der Waals surface area contributed by atoms with Gasteiger partial charge >= 0.3 is 0 Å². The summed E-state index contributed by atoms with van der Waals surface area (Å²) in [5.74, 6) is 0.963. The molecule has 0 atom stereocenters. The zero-order valence-corrected chi connectivity index (χ0v) is 12.1. The van der Waals surface area contributed by atoms with Gasteiger partial charge in [-0.3, -0.25) is 4.68 Å². The molecule has 8 nitrogen and oxygen atoms in total. The van der Waals surface area contributed by atoms with Crippen LogP contribution in [0.2, 0.25) is 0 Å². The number of aryl methyl sites for hydroxylation is 1. The summed E-state index contributed by atoms with van der Waals surface area (Å²) in [5, 5.41) is 10.3. The monoisotopic (exact) mass is 299 g/mol. The molecule has 0 aliphatic heterocycles. The topological polar surface area (TPSA) is 102 Å². The molecule has 2 N–H and O–H groups in total. The number of nitrogens with one attached hydrogen (secondary N) is 2. The Morgan fingerprint density at radius 3 is 2.90 bits per heavy atom. The average molecular weight is 299 g/mol. The molecule has 2 rings (SSSR count). The minimum absolute atomic E-state index is 0.168. The first-order valence-electron chi connectivity index (χ1n) is 6.10. The molecule has 0 fully saturated rings. The second-order valence-corrected chi connectivity index (χ2v) is 5.96. The number of sulfonamides is 1. The normalized spacial score (nSPS) is 11.9. The lowest BCUT2D eigenvalue weighted by molar-refractivity contribution is 0.465. The van der Waals surface area contributed by atoms with E-state index >= 15 is 0 Å². The van der Waals surface area contributed by atoms with Crippen LogP contribution in [0.3, 0.4) is 0 Å². The summed E-state index contributed by atoms with van der Waals surface area (Å²) in [5.41, 5.74) is 0. The zero-order chi connectivity index (χ0) is 14.6. The van der Waals surface area contributed by atoms with Gasteiger partial charge in [-0.25, -0.2) is 13.1 Å². The van der Waals surface area contributed by atoms with Crippen LogP contribution in [0.15, 0.2) is 27.8 Å². The van der Waals surface area contributed by atoms with E-state index in [0.717, 1.165) is 0 Å². The highest BCUT2D eigenvalue weighted by Gasteiger charge is 2.20. The summed E-state index contributed by atoms with van der Waals surface area (Å²) < 4.78 is 33.8. The van der Waals surface area contributed by atoms with Gasteiger partial charge in [-0.05, 0) is 14.0 Å². The molecule has 2 aromatic rings. The van der Waals surface area contributed by atoms with E-state index in [9.17, 15) is 8.42 Å². The third-order valence-electron chi connectivity index (χ3n) is 2.67. The van der Waals surface area contributed by atoms with Crippen molar-refractivity contribution in [1.29, 1.82) is 0 Å². The van der Waals surface area contributed by atoms with Gasteiger partial charge in [0.25, 0.3) is 0 Å². The highest BCUT2D eigenvalue weighted by molar-refractivity contribution is 7.89. The molecule has 110 valence electrons. The summed E-state index contributed by atoms with van der Waals surface area (Å²) in [7, 11) is -1.81. The van der Waals surface area contributed by atoms with Crippen molar-refractivity contribution in [1.82, 2.24) is 25.0 Å². The molecule has 0 aromatic carbocycles. The molecule has 0 aliphatic rings. The summed E-state index contributed by atoms with van der Waals surface area (Å²) in [6, 6.07) is 1.53. The lowest BCUT2D eigenvalue weighted by atomic mass is 10.4. The van der Waals surface area contributed by atoms with Crippen LogP contribution in [-0.2, 0) is 23.1 Å². The number of hydrogen-bond donors (Lipinski definition) is 2. The minimum Gasteiger partial charge on any atom is -0.464 e. The Morgan fingerprint density at radius 2 is 2.25 bits per heavy atom. The predicted molar refractivity (Wildman–Crippen MR) is 71.4 cm³/mol. The molecule has 0 radical (unpaired) electrons. The van der Waals surface area contributed by atoms with E-state index in [4.69, 9.17) is 4.42 Å². The van der Waals surface area contributed by atoms with Crippen LogP contribution in [0.25, 0.3) is 0 Å². The first-order valence-corrected chi connectivity index (χ1v) is 7.59. The molecule has 0 unspecified atom stereocenters. The van der Waals surface area contributed by atoms with E-state index in [-0.39, 0.29) is 11.4 Å². The van der Waals surface area contributed by atoms with Gasteiger partial charge in [0.1, 0.15) is 16.4 Å². The van der Waals surface area contributed by atoms with Gasteiger partial charge in [-0.1, -0.05) is 5.21 Å². The fraction of sp³-hybridized carbons (Fsp3) is 0.455. The van der Waals surface area contributed by atoms with Crippen molar-refractivity contribution < 1.29 is 12.8 Å². The maximum absolute atomic E-state index is 12.2. The van der Waals surface area contributed by atoms with Gasteiger partial charge in [-0.15, -0.1) is 5.10 Å². The molecular formula is C11H17N5O3S. The predicted octanol–water partition coefficient (Wildman–Crippen LogP) is -0.123. The Morgan fingerprint density at radius 1 is 1.45 bits per heavy atom. The Bertz CT molecular complexity index is 648. The van der Waals surface area contributed by atoms with Crippen molar-refractivity contribution in [2.45, 2.75) is 24.9 Å². The molecule has 0 spiro atoms. The highest BCUT2D eigenvalue weighted by atomic mass is 32.2. The first kappa shape index (κ1) is 14.7. The lowest BCUT2D eigenvalue weighted by Crippen LogP contribution is -2.27. The van der Waals surface area contributed by atoms with Crippen LogP contribution >= 0.6 is 0 Å². The second kappa shape index (κ2) is 6.16. The smallest absolute Gasteiger partial charge is 0.244 e. The molecule has 0 saturated carbocycles. The Hall–Kier alpha value is -1.71. The quantitative estimate of drug-likeness (QED) is 0.739. The van der Waals surface area contributed by atoms with Crippen LogP contribution in [0.4, 0.5) is 0 Å². The molecule has 2 heterocycles. The van der Waals surface area contributed by atoms with Crippen molar-refractivity contribution in [3.05, 3.63) is 30.0 Å². The van der Waals surface area contributed by atoms with Crippen molar-refractivity contribution in [2.24, 2.45) is 0 Å². The Balaban J connectivity index is 2.02. The standard InChI is InChI=1S/C11H17N5O3S/c1-9-11(7-10(19-9)8-12-2)20(17,18)14-4-6-16-5-3-13-15-16/h3,5,7,12,14H,4,6,8H2,1-2H3. The summed E-state index contributed by atoms with van der Waals surface area (Å²) in [4.78, 5) is 0.168. The van der Waals surface area contributed by atoms with Gasteiger partial charge in [0.2, 0.25) is 10.0 Å². The van der Waals surface area contributed by atoms with Gasteiger partial charge in [0.05, 0.1) is 19.3 Å². The maximum Gasteiger partial charge on any atom is 0.244 e. The molecule has 0 amide bonds. The fourth-order valence-electron chi connectivity index (χ4n) is 1.78. The van der Waals surface area contributed by atoms with Crippen molar-refractivity contribution >= 4 is 10.0 Å². The number of rotatable bonds is 7. The SMILES string of the molecule is CNCc1cc(S(=O)(=O)NCCn2ccnn2)c(C)o1. The molecule has 0 aliphatic carbocycles. The Labute approximate surface area is 117 Å². The summed E-state index contributed by atoms with van der Waals surface area (Å²) in [6.07, 6.45) is 3.21. The van der Waals surface area contributed by atoms with Crippen molar-refractivity contribution in [3.8, 4) is 0 Å². The Kier molecular flexibility index (Phi) is 4.53. The van der Waals surface area contributed by atoms with Gasteiger partial charge < -0.3 is 9.73 Å². The number of nitrogens with zero attached hydrogens (tertiary/aromatic N) is 3. The molecule has 0 bridgehead atoms. The van der Waals surface area contributed by atoms with E-state index in [0.29, 0.717) is 24.6 Å². The minimum atomic E-state index is -3.57. The maximum atomic E-state index is 12.2. The molecular weight excluding hydrogens is 282 g/mol. The molecule has 0 saturated heterocycles. The largest absolute Gasteiger partial charge is 0.464 e. The summed E-state index contributed by atoms with van der Waals surface area (Å²) >= 11 is 0. The van der Waals surface area contributed by atoms with E-state index in [1.807, 2.05) is 0 Å². The molecule has 2 aromatic heterocycles. The summed E-state index contributed by atoms with van der Waals surface area (Å²) in [6.45, 7) is 2.76. The number of aromatic nitrogens is 3. The number of furan rings is 1. The van der Waals surface area contributed by atoms with E-state index < -0.39 is 10.0 Å². The number of hydrogen-bond acceptors (Lipinski definition) is 6. The third-order valence-corrected chi connectivity index (χ3v) is 4.24. The fourth-order valence-corrected chi connectivity index (χ4v) is 3.00. The van der Waals surface area contributed by atoms with Gasteiger partial charge in [-0.2, -0.15) is 0 Å². The first-order chi connectivity index (χ1) is 9.53. The van der Waals surface area contributed by atoms with Crippen LogP contribution < -0.4 is 10.0 Å². The lowest BCUT2D eigenvalue weighted by Gasteiger charge is -2.05.